The standard InChI is InChI=1S/C18H20N4OS2/c23-17(21-5-1-2-6-21)16-14(22-8-10-25-18(22)19-16)12-20-7-3-15-13(11-20)4-9-24-15/h4,8-10H,1-3,5-7,11-12H2. The number of thiazole rings is 1. The van der Waals surface area contributed by atoms with Crippen molar-refractivity contribution in [1.29, 1.82) is 0 Å². The van der Waals surface area contributed by atoms with Gasteiger partial charge in [0.15, 0.2) is 10.7 Å². The summed E-state index contributed by atoms with van der Waals surface area (Å²) >= 11 is 3.46. The average Bonchev–Trinajstić information content (AvgIpc) is 3.39. The quantitative estimate of drug-likeness (QED) is 0.709. The highest BCUT2D eigenvalue weighted by molar-refractivity contribution is 7.15. The molecule has 0 bridgehead atoms. The molecule has 1 saturated heterocycles. The predicted octanol–water partition coefficient (Wildman–Crippen LogP) is 3.25. The third kappa shape index (κ3) is 2.70. The van der Waals surface area contributed by atoms with E-state index in [1.807, 2.05) is 27.8 Å². The number of nitrogens with zero attached hydrogens (tertiary/aromatic N) is 4. The first-order valence-corrected chi connectivity index (χ1v) is 10.6. The first kappa shape index (κ1) is 15.5. The topological polar surface area (TPSA) is 40.9 Å². The first-order valence-electron chi connectivity index (χ1n) is 8.81. The van der Waals surface area contributed by atoms with Gasteiger partial charge in [-0.3, -0.25) is 14.1 Å². The van der Waals surface area contributed by atoms with E-state index in [9.17, 15) is 4.79 Å². The maximum Gasteiger partial charge on any atom is 0.274 e. The summed E-state index contributed by atoms with van der Waals surface area (Å²) in [5.41, 5.74) is 3.14. The highest BCUT2D eigenvalue weighted by atomic mass is 32.1. The van der Waals surface area contributed by atoms with Crippen LogP contribution >= 0.6 is 22.7 Å². The molecule has 0 atom stereocenters. The van der Waals surface area contributed by atoms with Crippen LogP contribution in [0, 0.1) is 0 Å². The van der Waals surface area contributed by atoms with Gasteiger partial charge in [0.2, 0.25) is 0 Å². The molecule has 130 valence electrons. The molecule has 25 heavy (non-hydrogen) atoms. The van der Waals surface area contributed by atoms with E-state index in [1.54, 1.807) is 11.3 Å². The average molecular weight is 373 g/mol. The van der Waals surface area contributed by atoms with Gasteiger partial charge in [-0.25, -0.2) is 4.98 Å². The molecule has 0 N–H and O–H groups in total. The van der Waals surface area contributed by atoms with E-state index in [2.05, 4.69) is 25.7 Å². The Kier molecular flexibility index (Phi) is 3.87. The molecule has 0 spiro atoms. The normalized spacial score (nSPS) is 18.2. The smallest absolute Gasteiger partial charge is 0.274 e. The number of amides is 1. The molecule has 3 aromatic rings. The fourth-order valence-corrected chi connectivity index (χ4v) is 5.50. The monoisotopic (exact) mass is 372 g/mol. The van der Waals surface area contributed by atoms with Crippen LogP contribution in [0.5, 0.6) is 0 Å². The molecule has 5 heterocycles. The van der Waals surface area contributed by atoms with E-state index in [4.69, 9.17) is 0 Å². The second-order valence-corrected chi connectivity index (χ2v) is 8.67. The lowest BCUT2D eigenvalue weighted by Crippen LogP contribution is -2.32. The van der Waals surface area contributed by atoms with E-state index < -0.39 is 0 Å². The third-order valence-corrected chi connectivity index (χ3v) is 7.00. The fourth-order valence-electron chi connectivity index (χ4n) is 3.88. The number of carbonyl (C=O) groups is 1. The number of aromatic nitrogens is 2. The number of imidazole rings is 1. The number of rotatable bonds is 3. The lowest BCUT2D eigenvalue weighted by atomic mass is 10.1. The van der Waals surface area contributed by atoms with Gasteiger partial charge in [0.05, 0.1) is 5.69 Å². The maximum atomic E-state index is 13.0. The van der Waals surface area contributed by atoms with Crippen LogP contribution < -0.4 is 0 Å². The Morgan fingerprint density at radius 3 is 2.92 bits per heavy atom. The molecule has 2 aliphatic heterocycles. The number of fused-ring (bicyclic) bond motifs is 2. The minimum atomic E-state index is 0.108. The van der Waals surface area contributed by atoms with Crippen molar-refractivity contribution >= 4 is 33.5 Å². The molecule has 0 aromatic carbocycles. The van der Waals surface area contributed by atoms with Gasteiger partial charge in [0, 0.05) is 49.2 Å². The predicted molar refractivity (Wildman–Crippen MR) is 100 cm³/mol. The second-order valence-electron chi connectivity index (χ2n) is 6.79. The Labute approximate surface area is 154 Å². The molecule has 1 amide bonds. The van der Waals surface area contributed by atoms with Gasteiger partial charge in [0.1, 0.15) is 0 Å². The van der Waals surface area contributed by atoms with Crippen molar-refractivity contribution in [2.75, 3.05) is 19.6 Å². The molecule has 7 heteroatoms. The van der Waals surface area contributed by atoms with Crippen LogP contribution in [0.25, 0.3) is 4.96 Å². The van der Waals surface area contributed by atoms with Gasteiger partial charge in [-0.1, -0.05) is 0 Å². The van der Waals surface area contributed by atoms with Crippen LogP contribution in [0.15, 0.2) is 23.0 Å². The van der Waals surface area contributed by atoms with Crippen LogP contribution in [-0.2, 0) is 19.5 Å². The van der Waals surface area contributed by atoms with Gasteiger partial charge in [-0.2, -0.15) is 0 Å². The van der Waals surface area contributed by atoms with E-state index in [-0.39, 0.29) is 5.91 Å². The number of hydrogen-bond donors (Lipinski definition) is 0. The van der Waals surface area contributed by atoms with Crippen molar-refractivity contribution in [2.24, 2.45) is 0 Å². The molecule has 0 radical (unpaired) electrons. The van der Waals surface area contributed by atoms with E-state index in [0.717, 1.165) is 62.6 Å². The lowest BCUT2D eigenvalue weighted by molar-refractivity contribution is 0.0785. The molecule has 5 nitrogen and oxygen atoms in total. The van der Waals surface area contributed by atoms with Crippen LogP contribution in [0.4, 0.5) is 0 Å². The Hall–Kier alpha value is -1.70. The third-order valence-electron chi connectivity index (χ3n) is 5.22. The summed E-state index contributed by atoms with van der Waals surface area (Å²) in [5.74, 6) is 0.108. The first-order chi connectivity index (χ1) is 12.3. The molecular formula is C18H20N4OS2. The fraction of sp³-hybridized carbons (Fsp3) is 0.444. The van der Waals surface area contributed by atoms with Crippen LogP contribution in [-0.4, -0.2) is 44.7 Å². The second kappa shape index (κ2) is 6.23. The van der Waals surface area contributed by atoms with E-state index >= 15 is 0 Å². The minimum absolute atomic E-state index is 0.108. The summed E-state index contributed by atoms with van der Waals surface area (Å²) in [6.07, 6.45) is 5.36. The molecule has 3 aromatic heterocycles. The summed E-state index contributed by atoms with van der Waals surface area (Å²) in [4.78, 5) is 24.5. The zero-order valence-electron chi connectivity index (χ0n) is 14.0. The molecule has 5 rings (SSSR count). The lowest BCUT2D eigenvalue weighted by Gasteiger charge is -2.27. The summed E-state index contributed by atoms with van der Waals surface area (Å²) < 4.78 is 2.11. The van der Waals surface area contributed by atoms with Crippen LogP contribution in [0.3, 0.4) is 0 Å². The van der Waals surface area contributed by atoms with Gasteiger partial charge in [-0.15, -0.1) is 22.7 Å². The largest absolute Gasteiger partial charge is 0.337 e. The van der Waals surface area contributed by atoms with Crippen molar-refractivity contribution < 1.29 is 4.79 Å². The van der Waals surface area contributed by atoms with E-state index in [0.29, 0.717) is 5.69 Å². The van der Waals surface area contributed by atoms with Crippen LogP contribution in [0.2, 0.25) is 0 Å². The van der Waals surface area contributed by atoms with Crippen molar-refractivity contribution in [1.82, 2.24) is 19.2 Å². The molecule has 0 saturated carbocycles. The minimum Gasteiger partial charge on any atom is -0.337 e. The summed E-state index contributed by atoms with van der Waals surface area (Å²) in [6, 6.07) is 2.24. The molecule has 0 unspecified atom stereocenters. The molecule has 1 fully saturated rings. The van der Waals surface area contributed by atoms with Gasteiger partial charge < -0.3 is 4.90 Å². The van der Waals surface area contributed by atoms with Gasteiger partial charge in [-0.05, 0) is 36.3 Å². The van der Waals surface area contributed by atoms with Gasteiger partial charge in [0.25, 0.3) is 5.91 Å². The number of likely N-dealkylation sites (tertiary alicyclic amines) is 1. The summed E-state index contributed by atoms with van der Waals surface area (Å²) in [6.45, 7) is 4.52. The number of thiophene rings is 1. The van der Waals surface area contributed by atoms with Crippen molar-refractivity contribution in [3.05, 3.63) is 44.9 Å². The Morgan fingerprint density at radius 2 is 2.04 bits per heavy atom. The van der Waals surface area contributed by atoms with Crippen LogP contribution in [0.1, 0.15) is 39.5 Å². The SMILES string of the molecule is O=C(c1nc2sccn2c1CN1CCc2sccc2C1)N1CCCC1. The van der Waals surface area contributed by atoms with Crippen molar-refractivity contribution in [2.45, 2.75) is 32.4 Å². The summed E-state index contributed by atoms with van der Waals surface area (Å²) in [7, 11) is 0. The number of carbonyl (C=O) groups excluding carboxylic acids is 1. The van der Waals surface area contributed by atoms with Crippen molar-refractivity contribution in [3.63, 3.8) is 0 Å². The Morgan fingerprint density at radius 1 is 1.16 bits per heavy atom. The molecular weight excluding hydrogens is 352 g/mol. The highest BCUT2D eigenvalue weighted by Gasteiger charge is 2.28. The Bertz CT molecular complexity index is 919. The zero-order valence-corrected chi connectivity index (χ0v) is 15.6. The molecule has 0 aliphatic carbocycles. The molecule has 2 aliphatic rings. The number of hydrogen-bond acceptors (Lipinski definition) is 5. The van der Waals surface area contributed by atoms with Crippen molar-refractivity contribution in [3.8, 4) is 0 Å². The van der Waals surface area contributed by atoms with E-state index in [1.165, 1.54) is 10.4 Å². The maximum absolute atomic E-state index is 13.0. The highest BCUT2D eigenvalue weighted by Crippen LogP contribution is 2.27. The zero-order chi connectivity index (χ0) is 16.8. The Balaban J connectivity index is 1.46. The van der Waals surface area contributed by atoms with Gasteiger partial charge >= 0.3 is 0 Å². The summed E-state index contributed by atoms with van der Waals surface area (Å²) in [5, 5.41) is 4.23.